The topological polar surface area (TPSA) is 78.3 Å². The van der Waals surface area contributed by atoms with E-state index in [2.05, 4.69) is 13.8 Å². The minimum absolute atomic E-state index is 0.308. The van der Waals surface area contributed by atoms with E-state index in [1.807, 2.05) is 6.92 Å². The van der Waals surface area contributed by atoms with Crippen LogP contribution in [0.15, 0.2) is 12.1 Å². The summed E-state index contributed by atoms with van der Waals surface area (Å²) in [5, 5.41) is 0. The van der Waals surface area contributed by atoms with Crippen LogP contribution >= 0.6 is 0 Å². The van der Waals surface area contributed by atoms with Gasteiger partial charge < -0.3 is 16.2 Å². The fraction of sp³-hybridized carbons (Fsp3) is 0.562. The van der Waals surface area contributed by atoms with Gasteiger partial charge in [-0.2, -0.15) is 0 Å². The van der Waals surface area contributed by atoms with E-state index >= 15 is 0 Å². The van der Waals surface area contributed by atoms with E-state index in [1.54, 1.807) is 12.1 Å². The smallest absolute Gasteiger partial charge is 0.340 e. The number of benzene rings is 1. The van der Waals surface area contributed by atoms with Gasteiger partial charge in [0.2, 0.25) is 0 Å². The molecule has 20 heavy (non-hydrogen) atoms. The van der Waals surface area contributed by atoms with Crippen LogP contribution in [-0.2, 0) is 4.74 Å². The van der Waals surface area contributed by atoms with E-state index in [1.165, 1.54) is 0 Å². The van der Waals surface area contributed by atoms with Crippen LogP contribution in [0.3, 0.4) is 0 Å². The Morgan fingerprint density at radius 2 is 2.00 bits per heavy atom. The lowest BCUT2D eigenvalue weighted by Gasteiger charge is -2.15. The number of rotatable bonds is 7. The second-order valence-electron chi connectivity index (χ2n) is 5.33. The third kappa shape index (κ3) is 4.44. The molecule has 4 N–H and O–H groups in total. The maximum Gasteiger partial charge on any atom is 0.340 e. The lowest BCUT2D eigenvalue weighted by molar-refractivity contribution is 0.0429. The van der Waals surface area contributed by atoms with Crippen molar-refractivity contribution >= 4 is 17.3 Å². The largest absolute Gasteiger partial charge is 0.462 e. The molecule has 1 atom stereocenters. The van der Waals surface area contributed by atoms with E-state index < -0.39 is 0 Å². The molecule has 0 aliphatic rings. The number of carbonyl (C=O) groups excluding carboxylic acids is 1. The number of nitrogens with two attached hydrogens (primary N) is 2. The van der Waals surface area contributed by atoms with Gasteiger partial charge in [-0.3, -0.25) is 0 Å². The summed E-state index contributed by atoms with van der Waals surface area (Å²) in [6, 6.07) is 3.48. The second kappa shape index (κ2) is 7.78. The predicted octanol–water partition coefficient (Wildman–Crippen LogP) is 3.53. The van der Waals surface area contributed by atoms with E-state index in [9.17, 15) is 4.79 Å². The van der Waals surface area contributed by atoms with Crippen LogP contribution < -0.4 is 11.5 Å². The van der Waals surface area contributed by atoms with Crippen molar-refractivity contribution in [1.29, 1.82) is 0 Å². The van der Waals surface area contributed by atoms with Crippen LogP contribution in [0.5, 0.6) is 0 Å². The highest BCUT2D eigenvalue weighted by atomic mass is 16.5. The van der Waals surface area contributed by atoms with Crippen molar-refractivity contribution in [3.63, 3.8) is 0 Å². The van der Waals surface area contributed by atoms with Crippen molar-refractivity contribution in [2.24, 2.45) is 5.92 Å². The third-order valence-corrected chi connectivity index (χ3v) is 3.57. The maximum atomic E-state index is 12.1. The lowest BCUT2D eigenvalue weighted by Crippen LogP contribution is -2.16. The molecule has 1 unspecified atom stereocenters. The lowest BCUT2D eigenvalue weighted by atomic mass is 10.0. The highest BCUT2D eigenvalue weighted by Crippen LogP contribution is 2.23. The van der Waals surface area contributed by atoms with E-state index in [0.717, 1.165) is 31.2 Å². The molecule has 4 heteroatoms. The maximum absolute atomic E-state index is 12.1. The molecule has 0 aliphatic carbocycles. The number of unbranched alkanes of at least 4 members (excludes halogenated alkanes) is 1. The molecule has 0 aliphatic heterocycles. The number of carbonyl (C=O) groups is 1. The zero-order chi connectivity index (χ0) is 15.1. The van der Waals surface area contributed by atoms with Gasteiger partial charge in [-0.25, -0.2) is 4.79 Å². The number of ether oxygens (including phenoxy) is 1. The van der Waals surface area contributed by atoms with Crippen LogP contribution in [0.25, 0.3) is 0 Å². The summed E-state index contributed by atoms with van der Waals surface area (Å²) in [6.45, 7) is 6.60. The highest BCUT2D eigenvalue weighted by molar-refractivity contribution is 5.98. The van der Waals surface area contributed by atoms with Crippen LogP contribution in [0.4, 0.5) is 11.4 Å². The molecule has 0 fully saturated rings. The second-order valence-corrected chi connectivity index (χ2v) is 5.33. The minimum atomic E-state index is -0.382. The molecule has 0 saturated heterocycles. The first-order valence-electron chi connectivity index (χ1n) is 7.32. The van der Waals surface area contributed by atoms with Gasteiger partial charge in [0.05, 0.1) is 23.5 Å². The van der Waals surface area contributed by atoms with Gasteiger partial charge in [-0.05, 0) is 37.0 Å². The summed E-state index contributed by atoms with van der Waals surface area (Å²) in [4.78, 5) is 12.1. The van der Waals surface area contributed by atoms with Crippen LogP contribution in [0.1, 0.15) is 55.5 Å². The first kappa shape index (κ1) is 16.3. The highest BCUT2D eigenvalue weighted by Gasteiger charge is 2.16. The normalized spacial score (nSPS) is 12.2. The van der Waals surface area contributed by atoms with Crippen LogP contribution in [0.2, 0.25) is 0 Å². The molecule has 0 radical (unpaired) electrons. The van der Waals surface area contributed by atoms with E-state index in [4.69, 9.17) is 16.2 Å². The average Bonchev–Trinajstić information content (AvgIpc) is 2.42. The van der Waals surface area contributed by atoms with Crippen molar-refractivity contribution in [2.75, 3.05) is 18.1 Å². The molecule has 0 aromatic heterocycles. The molecule has 0 spiro atoms. The Morgan fingerprint density at radius 1 is 1.30 bits per heavy atom. The van der Waals surface area contributed by atoms with E-state index in [-0.39, 0.29) is 5.97 Å². The molecule has 0 heterocycles. The van der Waals surface area contributed by atoms with Gasteiger partial charge in [0.1, 0.15) is 0 Å². The first-order valence-corrected chi connectivity index (χ1v) is 7.32. The van der Waals surface area contributed by atoms with Crippen LogP contribution in [0, 0.1) is 12.8 Å². The monoisotopic (exact) mass is 278 g/mol. The van der Waals surface area contributed by atoms with Crippen molar-refractivity contribution in [1.82, 2.24) is 0 Å². The Kier molecular flexibility index (Phi) is 6.36. The van der Waals surface area contributed by atoms with Gasteiger partial charge >= 0.3 is 5.97 Å². The number of anilines is 2. The molecule has 1 aromatic carbocycles. The molecule has 1 rings (SSSR count). The Balaban J connectivity index is 2.67. The Morgan fingerprint density at radius 3 is 2.60 bits per heavy atom. The molecule has 112 valence electrons. The zero-order valence-corrected chi connectivity index (χ0v) is 12.7. The third-order valence-electron chi connectivity index (χ3n) is 3.57. The Labute approximate surface area is 121 Å². The quantitative estimate of drug-likeness (QED) is 0.590. The predicted molar refractivity (Wildman–Crippen MR) is 83.6 cm³/mol. The van der Waals surface area contributed by atoms with Gasteiger partial charge in [0, 0.05) is 0 Å². The average molecular weight is 278 g/mol. The summed E-state index contributed by atoms with van der Waals surface area (Å²) in [6.07, 6.45) is 4.42. The summed E-state index contributed by atoms with van der Waals surface area (Å²) in [5.74, 6) is 0.0372. The Bertz CT molecular complexity index is 458. The fourth-order valence-corrected chi connectivity index (χ4v) is 2.16. The number of aryl methyl sites for hydroxylation is 1. The standard InChI is InChI=1S/C16H26N2O2/c1-4-6-7-12(5-2)10-20-16(19)13-8-11(3)9-14(17)15(13)18/h8-9,12H,4-7,10,17-18H2,1-3H3. The number of hydrogen-bond acceptors (Lipinski definition) is 4. The van der Waals surface area contributed by atoms with E-state index in [0.29, 0.717) is 29.5 Å². The van der Waals surface area contributed by atoms with Crippen molar-refractivity contribution in [3.8, 4) is 0 Å². The SMILES string of the molecule is CCCCC(CC)COC(=O)c1cc(C)cc(N)c1N. The zero-order valence-electron chi connectivity index (χ0n) is 12.7. The molecule has 1 aromatic rings. The molecule has 0 bridgehead atoms. The van der Waals surface area contributed by atoms with Gasteiger partial charge in [-0.1, -0.05) is 33.1 Å². The minimum Gasteiger partial charge on any atom is -0.462 e. The molecular weight excluding hydrogens is 252 g/mol. The summed E-state index contributed by atoms with van der Waals surface area (Å²) < 4.78 is 5.39. The number of nitrogen functional groups attached to an aromatic ring is 2. The molecular formula is C16H26N2O2. The summed E-state index contributed by atoms with van der Waals surface area (Å²) >= 11 is 0. The number of esters is 1. The van der Waals surface area contributed by atoms with Gasteiger partial charge in [0.25, 0.3) is 0 Å². The van der Waals surface area contributed by atoms with Crippen LogP contribution in [-0.4, -0.2) is 12.6 Å². The van der Waals surface area contributed by atoms with Crippen molar-refractivity contribution in [2.45, 2.75) is 46.5 Å². The summed E-state index contributed by atoms with van der Waals surface area (Å²) in [5.41, 5.74) is 13.6. The molecule has 0 amide bonds. The van der Waals surface area contributed by atoms with Crippen molar-refractivity contribution < 1.29 is 9.53 Å². The van der Waals surface area contributed by atoms with Crippen molar-refractivity contribution in [3.05, 3.63) is 23.3 Å². The summed E-state index contributed by atoms with van der Waals surface area (Å²) in [7, 11) is 0. The molecule has 0 saturated carbocycles. The number of hydrogen-bond donors (Lipinski definition) is 2. The Hall–Kier alpha value is -1.71. The van der Waals surface area contributed by atoms with Gasteiger partial charge in [0.15, 0.2) is 0 Å². The molecule has 4 nitrogen and oxygen atoms in total. The van der Waals surface area contributed by atoms with Gasteiger partial charge in [-0.15, -0.1) is 0 Å². The first-order chi connectivity index (χ1) is 9.49. The fourth-order valence-electron chi connectivity index (χ4n) is 2.16.